The fourth-order valence-corrected chi connectivity index (χ4v) is 2.05. The minimum Gasteiger partial charge on any atom is -0.0990 e. The molecule has 0 saturated heterocycles. The topological polar surface area (TPSA) is 0 Å². The van der Waals surface area contributed by atoms with E-state index in [0.29, 0.717) is 0 Å². The van der Waals surface area contributed by atoms with Gasteiger partial charge in [0.25, 0.3) is 0 Å². The average molecular weight is 258 g/mol. The first-order chi connectivity index (χ1) is 9.63. The summed E-state index contributed by atoms with van der Waals surface area (Å²) in [6.07, 6.45) is 7.85. The first kappa shape index (κ1) is 13.8. The average Bonchev–Trinajstić information content (AvgIpc) is 2.44. The van der Waals surface area contributed by atoms with Gasteiger partial charge in [0, 0.05) is 0 Å². The van der Waals surface area contributed by atoms with Crippen molar-refractivity contribution < 1.29 is 0 Å². The maximum Gasteiger partial charge on any atom is -0.0183 e. The standard InChI is InChI=1S/C20H18/c1-5-8-18-11-7-12-20(17(18)4)14-13-19-10-6-9-15(2)16(19)3/h5-14H,1-4H2/b14-13-,18-8-. The van der Waals surface area contributed by atoms with Gasteiger partial charge in [-0.15, -0.1) is 0 Å². The fraction of sp³-hybridized carbons (Fsp3) is 0. The quantitative estimate of drug-likeness (QED) is 0.739. The van der Waals surface area contributed by atoms with Gasteiger partial charge in [-0.3, -0.25) is 0 Å². The number of hydrogen-bond acceptors (Lipinski definition) is 0. The van der Waals surface area contributed by atoms with Crippen LogP contribution in [0.15, 0.2) is 49.1 Å². The first-order valence-corrected chi connectivity index (χ1v) is 6.49. The number of hydrogen-bond donors (Lipinski definition) is 0. The molecule has 2 aromatic rings. The van der Waals surface area contributed by atoms with Gasteiger partial charge in [0.15, 0.2) is 0 Å². The molecule has 0 N–H and O–H groups in total. The summed E-state index contributed by atoms with van der Waals surface area (Å²) in [7, 11) is 0. The van der Waals surface area contributed by atoms with Crippen molar-refractivity contribution in [3.05, 3.63) is 81.1 Å². The van der Waals surface area contributed by atoms with Gasteiger partial charge in [0.2, 0.25) is 0 Å². The van der Waals surface area contributed by atoms with Crippen LogP contribution >= 0.6 is 0 Å². The number of allylic oxidation sites excluding steroid dienone is 1. The zero-order chi connectivity index (χ0) is 14.5. The van der Waals surface area contributed by atoms with Gasteiger partial charge >= 0.3 is 0 Å². The van der Waals surface area contributed by atoms with Gasteiger partial charge < -0.3 is 0 Å². The van der Waals surface area contributed by atoms with Crippen molar-refractivity contribution in [3.63, 3.8) is 0 Å². The maximum absolute atomic E-state index is 4.13. The van der Waals surface area contributed by atoms with E-state index >= 15 is 0 Å². The lowest BCUT2D eigenvalue weighted by molar-refractivity contribution is 1.49. The first-order valence-electron chi connectivity index (χ1n) is 6.49. The Morgan fingerprint density at radius 3 is 2.00 bits per heavy atom. The molecule has 20 heavy (non-hydrogen) atoms. The molecule has 0 radical (unpaired) electrons. The maximum atomic E-state index is 4.13. The van der Waals surface area contributed by atoms with E-state index in [4.69, 9.17) is 0 Å². The molecule has 0 aromatic heterocycles. The molecule has 0 nitrogen and oxygen atoms in total. The van der Waals surface area contributed by atoms with E-state index in [1.807, 2.05) is 36.4 Å². The second-order valence-electron chi connectivity index (χ2n) is 4.64. The van der Waals surface area contributed by atoms with E-state index in [1.54, 1.807) is 6.08 Å². The molecule has 0 fully saturated rings. The largest absolute Gasteiger partial charge is 0.0990 e. The summed E-state index contributed by atoms with van der Waals surface area (Å²) in [4.78, 5) is 0. The molecule has 0 aliphatic heterocycles. The monoisotopic (exact) mass is 258 g/mol. The van der Waals surface area contributed by atoms with Crippen LogP contribution in [0.2, 0.25) is 0 Å². The third-order valence-corrected chi connectivity index (χ3v) is 3.30. The van der Waals surface area contributed by atoms with E-state index in [-0.39, 0.29) is 0 Å². The van der Waals surface area contributed by atoms with Crippen molar-refractivity contribution >= 4 is 38.0 Å². The van der Waals surface area contributed by atoms with E-state index in [0.717, 1.165) is 32.0 Å². The van der Waals surface area contributed by atoms with Crippen LogP contribution in [0.4, 0.5) is 0 Å². The van der Waals surface area contributed by atoms with Crippen molar-refractivity contribution in [1.82, 2.24) is 0 Å². The third kappa shape index (κ3) is 2.86. The lowest BCUT2D eigenvalue weighted by atomic mass is 10.1. The highest BCUT2D eigenvalue weighted by molar-refractivity contribution is 5.70. The Hall–Kier alpha value is -2.60. The molecule has 0 atom stereocenters. The molecular weight excluding hydrogens is 240 g/mol. The van der Waals surface area contributed by atoms with Crippen LogP contribution in [-0.2, 0) is 0 Å². The van der Waals surface area contributed by atoms with Gasteiger partial charge in [-0.05, 0) is 32.0 Å². The molecule has 0 heteroatoms. The summed E-state index contributed by atoms with van der Waals surface area (Å²) in [5.41, 5.74) is 2.17. The molecule has 0 bridgehead atoms. The van der Waals surface area contributed by atoms with Crippen molar-refractivity contribution in [3.8, 4) is 0 Å². The Kier molecular flexibility index (Phi) is 4.17. The summed E-state index contributed by atoms with van der Waals surface area (Å²) in [5, 5.41) is 4.00. The zero-order valence-corrected chi connectivity index (χ0v) is 11.6. The molecule has 0 amide bonds. The van der Waals surface area contributed by atoms with Gasteiger partial charge in [-0.2, -0.15) is 0 Å². The van der Waals surface area contributed by atoms with Gasteiger partial charge in [-0.1, -0.05) is 87.0 Å². The SMILES string of the molecule is C=C/C=c1/cccc(/C=C\c2cccc(=C)c2=C)c1=C. The highest BCUT2D eigenvalue weighted by Crippen LogP contribution is 1.99. The van der Waals surface area contributed by atoms with E-state index in [1.165, 1.54) is 0 Å². The van der Waals surface area contributed by atoms with E-state index < -0.39 is 0 Å². The summed E-state index contributed by atoms with van der Waals surface area (Å²) in [6.45, 7) is 15.9. The van der Waals surface area contributed by atoms with Crippen LogP contribution in [0.1, 0.15) is 11.1 Å². The zero-order valence-electron chi connectivity index (χ0n) is 11.6. The Labute approximate surface area is 119 Å². The van der Waals surface area contributed by atoms with Crippen molar-refractivity contribution in [2.75, 3.05) is 0 Å². The molecule has 0 saturated carbocycles. The van der Waals surface area contributed by atoms with Crippen LogP contribution < -0.4 is 20.9 Å². The van der Waals surface area contributed by atoms with E-state index in [2.05, 4.69) is 44.5 Å². The molecule has 0 aliphatic rings. The Morgan fingerprint density at radius 2 is 1.35 bits per heavy atom. The van der Waals surface area contributed by atoms with Crippen LogP contribution in [0.3, 0.4) is 0 Å². The lowest BCUT2D eigenvalue weighted by Crippen LogP contribution is -2.25. The summed E-state index contributed by atoms with van der Waals surface area (Å²) in [6, 6.07) is 12.1. The highest BCUT2D eigenvalue weighted by atomic mass is 14.0. The molecule has 0 heterocycles. The van der Waals surface area contributed by atoms with Gasteiger partial charge in [0.1, 0.15) is 0 Å². The van der Waals surface area contributed by atoms with Crippen molar-refractivity contribution in [2.45, 2.75) is 0 Å². The molecule has 2 aromatic carbocycles. The van der Waals surface area contributed by atoms with E-state index in [9.17, 15) is 0 Å². The summed E-state index contributed by atoms with van der Waals surface area (Å²) >= 11 is 0. The predicted molar refractivity (Wildman–Crippen MR) is 91.5 cm³/mol. The lowest BCUT2D eigenvalue weighted by Gasteiger charge is -1.98. The van der Waals surface area contributed by atoms with Gasteiger partial charge in [-0.25, -0.2) is 0 Å². The smallest absolute Gasteiger partial charge is 0.0183 e. The normalized spacial score (nSPS) is 11.9. The Bertz CT molecular complexity index is 867. The minimum absolute atomic E-state index is 0.954. The fourth-order valence-electron chi connectivity index (χ4n) is 2.05. The second kappa shape index (κ2) is 6.03. The minimum atomic E-state index is 0.954. The van der Waals surface area contributed by atoms with Crippen LogP contribution in [0.5, 0.6) is 0 Å². The van der Waals surface area contributed by atoms with Gasteiger partial charge in [0.05, 0.1) is 0 Å². The summed E-state index contributed by atoms with van der Waals surface area (Å²) in [5.74, 6) is 0. The Balaban J connectivity index is 2.50. The van der Waals surface area contributed by atoms with Crippen molar-refractivity contribution in [2.24, 2.45) is 0 Å². The third-order valence-electron chi connectivity index (χ3n) is 3.30. The number of rotatable bonds is 3. The summed E-state index contributed by atoms with van der Waals surface area (Å²) < 4.78 is 0. The molecule has 98 valence electrons. The molecule has 0 unspecified atom stereocenters. The Morgan fingerprint density at radius 1 is 0.750 bits per heavy atom. The van der Waals surface area contributed by atoms with Crippen LogP contribution in [0, 0.1) is 0 Å². The molecule has 0 spiro atoms. The molecule has 2 rings (SSSR count). The van der Waals surface area contributed by atoms with Crippen LogP contribution in [-0.4, -0.2) is 0 Å². The second-order valence-corrected chi connectivity index (χ2v) is 4.64. The van der Waals surface area contributed by atoms with Crippen LogP contribution in [0.25, 0.3) is 38.0 Å². The molecule has 0 aliphatic carbocycles. The predicted octanol–water partition coefficient (Wildman–Crippen LogP) is 2.05. The number of benzene rings is 2. The highest BCUT2D eigenvalue weighted by Gasteiger charge is 1.92. The van der Waals surface area contributed by atoms with Crippen molar-refractivity contribution in [1.29, 1.82) is 0 Å². The molecular formula is C20H18.